The molecule has 5 rings (SSSR count). The normalized spacial score (nSPS) is 27.6. The molecule has 2 aromatic rings. The van der Waals surface area contributed by atoms with Gasteiger partial charge in [-0.1, -0.05) is 18.2 Å². The number of ether oxygens (including phenoxy) is 1. The molecule has 3 heterocycles. The van der Waals surface area contributed by atoms with Gasteiger partial charge in [0.05, 0.1) is 11.6 Å². The topological polar surface area (TPSA) is 36.3 Å². The molecule has 0 amide bonds. The van der Waals surface area contributed by atoms with Gasteiger partial charge >= 0.3 is 0 Å². The Morgan fingerprint density at radius 1 is 1.08 bits per heavy atom. The fourth-order valence-corrected chi connectivity index (χ4v) is 4.90. The van der Waals surface area contributed by atoms with E-state index in [4.69, 9.17) is 10.00 Å². The highest BCUT2D eigenvalue weighted by molar-refractivity contribution is 5.67. The third-order valence-corrected chi connectivity index (χ3v) is 6.21. The summed E-state index contributed by atoms with van der Waals surface area (Å²) < 4.78 is 6.50. The number of piperidine rings is 1. The molecule has 2 atom stereocenters. The van der Waals surface area contributed by atoms with Gasteiger partial charge in [0.2, 0.25) is 0 Å². The maximum absolute atomic E-state index is 8.96. The Balaban J connectivity index is 1.41. The summed E-state index contributed by atoms with van der Waals surface area (Å²) >= 11 is 0. The van der Waals surface area contributed by atoms with E-state index in [-0.39, 0.29) is 5.60 Å². The van der Waals surface area contributed by atoms with Crippen LogP contribution in [0, 0.1) is 11.3 Å². The molecule has 2 fully saturated rings. The zero-order valence-corrected chi connectivity index (χ0v) is 14.4. The molecular weight excluding hydrogens is 308 g/mol. The van der Waals surface area contributed by atoms with Crippen LogP contribution in [0.25, 0.3) is 11.1 Å². The van der Waals surface area contributed by atoms with Crippen LogP contribution >= 0.6 is 0 Å². The van der Waals surface area contributed by atoms with E-state index in [0.29, 0.717) is 5.56 Å². The molecule has 0 saturated carbocycles. The molecule has 2 unspecified atom stereocenters. The summed E-state index contributed by atoms with van der Waals surface area (Å²) in [5, 5.41) is 8.96. The number of hydrogen-bond donors (Lipinski definition) is 0. The Labute approximate surface area is 148 Å². The molecule has 126 valence electrons. The first-order valence-electron chi connectivity index (χ1n) is 9.31. The Hall–Kier alpha value is -2.31. The number of nitriles is 1. The Kier molecular flexibility index (Phi) is 3.36. The molecule has 0 N–H and O–H groups in total. The standard InChI is InChI=1S/C22H22N2O/c23-15-16-3-5-17(6-4-16)18-7-8-21-19(12-18)13-22(25-21)9-11-24-10-1-2-20(24)14-22/h3-8,12,20H,1-2,9-11,13-14H2. The molecule has 3 heteroatoms. The van der Waals surface area contributed by atoms with Crippen LogP contribution in [0.4, 0.5) is 0 Å². The van der Waals surface area contributed by atoms with E-state index in [0.717, 1.165) is 30.2 Å². The summed E-state index contributed by atoms with van der Waals surface area (Å²) in [5.41, 5.74) is 4.44. The lowest BCUT2D eigenvalue weighted by Gasteiger charge is -2.41. The predicted octanol–water partition coefficient (Wildman–Crippen LogP) is 4.16. The Morgan fingerprint density at radius 3 is 2.76 bits per heavy atom. The van der Waals surface area contributed by atoms with Gasteiger partial charge in [-0.15, -0.1) is 0 Å². The highest BCUT2D eigenvalue weighted by Gasteiger charge is 2.46. The van der Waals surface area contributed by atoms with Crippen molar-refractivity contribution in [3.8, 4) is 22.9 Å². The van der Waals surface area contributed by atoms with Gasteiger partial charge in [-0.05, 0) is 60.3 Å². The van der Waals surface area contributed by atoms with Gasteiger partial charge in [0.25, 0.3) is 0 Å². The third-order valence-electron chi connectivity index (χ3n) is 6.21. The van der Waals surface area contributed by atoms with Gasteiger partial charge in [0, 0.05) is 31.8 Å². The first kappa shape index (κ1) is 15.0. The molecule has 2 aromatic carbocycles. The minimum atomic E-state index is 0.0249. The van der Waals surface area contributed by atoms with Crippen molar-refractivity contribution in [3.05, 3.63) is 53.6 Å². The zero-order valence-electron chi connectivity index (χ0n) is 14.4. The van der Waals surface area contributed by atoms with E-state index in [2.05, 4.69) is 29.2 Å². The molecule has 2 saturated heterocycles. The molecule has 3 aliphatic rings. The van der Waals surface area contributed by atoms with Gasteiger partial charge in [-0.2, -0.15) is 5.26 Å². The van der Waals surface area contributed by atoms with Crippen molar-refractivity contribution in [2.24, 2.45) is 0 Å². The minimum Gasteiger partial charge on any atom is -0.487 e. The fraction of sp³-hybridized carbons (Fsp3) is 0.409. The van der Waals surface area contributed by atoms with Crippen LogP contribution in [0.15, 0.2) is 42.5 Å². The summed E-state index contributed by atoms with van der Waals surface area (Å²) in [4.78, 5) is 2.65. The van der Waals surface area contributed by atoms with Crippen molar-refractivity contribution in [2.45, 2.75) is 43.7 Å². The monoisotopic (exact) mass is 330 g/mol. The summed E-state index contributed by atoms with van der Waals surface area (Å²) in [6, 6.07) is 17.3. The van der Waals surface area contributed by atoms with Crippen molar-refractivity contribution in [1.29, 1.82) is 5.26 Å². The molecule has 0 bridgehead atoms. The smallest absolute Gasteiger partial charge is 0.123 e. The summed E-state index contributed by atoms with van der Waals surface area (Å²) in [7, 11) is 0. The maximum Gasteiger partial charge on any atom is 0.123 e. The van der Waals surface area contributed by atoms with E-state index >= 15 is 0 Å². The first-order valence-corrected chi connectivity index (χ1v) is 9.31. The lowest BCUT2D eigenvalue weighted by molar-refractivity contribution is 0.00195. The van der Waals surface area contributed by atoms with Crippen molar-refractivity contribution in [1.82, 2.24) is 4.90 Å². The largest absolute Gasteiger partial charge is 0.487 e. The fourth-order valence-electron chi connectivity index (χ4n) is 4.90. The lowest BCUT2D eigenvalue weighted by Crippen LogP contribution is -2.50. The Bertz CT molecular complexity index is 851. The van der Waals surface area contributed by atoms with Crippen LogP contribution in [0.2, 0.25) is 0 Å². The van der Waals surface area contributed by atoms with Gasteiger partial charge < -0.3 is 9.64 Å². The number of fused-ring (bicyclic) bond motifs is 2. The number of nitrogens with zero attached hydrogens (tertiary/aromatic N) is 2. The first-order chi connectivity index (χ1) is 12.2. The average molecular weight is 330 g/mol. The van der Waals surface area contributed by atoms with Crippen molar-refractivity contribution >= 4 is 0 Å². The molecule has 3 nitrogen and oxygen atoms in total. The van der Waals surface area contributed by atoms with Crippen LogP contribution in [0.3, 0.4) is 0 Å². The van der Waals surface area contributed by atoms with Gasteiger partial charge in [0.1, 0.15) is 11.4 Å². The summed E-state index contributed by atoms with van der Waals surface area (Å²) in [6.07, 6.45) is 6.03. The van der Waals surface area contributed by atoms with E-state index in [9.17, 15) is 0 Å². The van der Waals surface area contributed by atoms with Crippen molar-refractivity contribution in [2.75, 3.05) is 13.1 Å². The maximum atomic E-state index is 8.96. The Morgan fingerprint density at radius 2 is 1.92 bits per heavy atom. The van der Waals surface area contributed by atoms with Crippen LogP contribution in [0.1, 0.15) is 36.8 Å². The van der Waals surface area contributed by atoms with Gasteiger partial charge in [-0.3, -0.25) is 0 Å². The highest BCUT2D eigenvalue weighted by Crippen LogP contribution is 2.45. The number of benzene rings is 2. The minimum absolute atomic E-state index is 0.0249. The summed E-state index contributed by atoms with van der Waals surface area (Å²) in [5.74, 6) is 1.07. The molecule has 1 spiro atoms. The molecule has 3 aliphatic heterocycles. The lowest BCUT2D eigenvalue weighted by atomic mass is 9.83. The van der Waals surface area contributed by atoms with Crippen molar-refractivity contribution in [3.63, 3.8) is 0 Å². The van der Waals surface area contributed by atoms with Gasteiger partial charge in [-0.25, -0.2) is 0 Å². The molecule has 0 aromatic heterocycles. The second-order valence-electron chi connectivity index (χ2n) is 7.76. The molecular formula is C22H22N2O. The second-order valence-corrected chi connectivity index (χ2v) is 7.76. The zero-order chi connectivity index (χ0) is 16.9. The van der Waals surface area contributed by atoms with Crippen LogP contribution in [-0.2, 0) is 6.42 Å². The molecule has 0 radical (unpaired) electrons. The van der Waals surface area contributed by atoms with Crippen LogP contribution in [-0.4, -0.2) is 29.6 Å². The van der Waals surface area contributed by atoms with E-state index in [1.54, 1.807) is 0 Å². The van der Waals surface area contributed by atoms with Crippen molar-refractivity contribution < 1.29 is 4.74 Å². The van der Waals surface area contributed by atoms with Gasteiger partial charge in [0.15, 0.2) is 0 Å². The quantitative estimate of drug-likeness (QED) is 0.788. The second kappa shape index (κ2) is 5.61. The van der Waals surface area contributed by atoms with Crippen LogP contribution in [0.5, 0.6) is 5.75 Å². The van der Waals surface area contributed by atoms with E-state index in [1.165, 1.54) is 43.5 Å². The highest BCUT2D eigenvalue weighted by atomic mass is 16.5. The number of rotatable bonds is 1. The van der Waals surface area contributed by atoms with E-state index in [1.807, 2.05) is 24.3 Å². The average Bonchev–Trinajstić information content (AvgIpc) is 3.24. The summed E-state index contributed by atoms with van der Waals surface area (Å²) in [6.45, 7) is 2.46. The molecule has 25 heavy (non-hydrogen) atoms. The molecule has 0 aliphatic carbocycles. The third kappa shape index (κ3) is 2.53. The van der Waals surface area contributed by atoms with E-state index < -0.39 is 0 Å². The number of hydrogen-bond acceptors (Lipinski definition) is 3. The van der Waals surface area contributed by atoms with Crippen LogP contribution < -0.4 is 4.74 Å². The predicted molar refractivity (Wildman–Crippen MR) is 97.5 cm³/mol. The SMILES string of the molecule is N#Cc1ccc(-c2ccc3c(c2)CC2(CCN4CCCC4C2)O3)cc1.